The zero-order chi connectivity index (χ0) is 13.9. The van der Waals surface area contributed by atoms with Gasteiger partial charge in [0.15, 0.2) is 0 Å². The summed E-state index contributed by atoms with van der Waals surface area (Å²) in [4.78, 5) is 12.2. The van der Waals surface area contributed by atoms with Crippen molar-refractivity contribution in [2.45, 2.75) is 37.5 Å². The number of amides is 1. The zero-order valence-electron chi connectivity index (χ0n) is 11.4. The molecular weight excluding hydrogens is 256 g/mol. The van der Waals surface area contributed by atoms with E-state index in [1.807, 2.05) is 24.3 Å². The minimum atomic E-state index is -0.360. The fourth-order valence-electron chi connectivity index (χ4n) is 2.79. The lowest BCUT2D eigenvalue weighted by molar-refractivity contribution is -0.132. The van der Waals surface area contributed by atoms with Crippen LogP contribution in [-0.4, -0.2) is 37.3 Å². The molecule has 2 heterocycles. The van der Waals surface area contributed by atoms with E-state index in [-0.39, 0.29) is 24.2 Å². The Labute approximate surface area is 118 Å². The van der Waals surface area contributed by atoms with E-state index < -0.39 is 0 Å². The Morgan fingerprint density at radius 3 is 3.00 bits per heavy atom. The molecule has 1 aromatic rings. The molecule has 5 nitrogen and oxygen atoms in total. The average molecular weight is 276 g/mol. The maximum atomic E-state index is 12.2. The SMILES string of the molecule is NC[C@H]1CC[C@@H](C(=O)NC2COc3ccccc3C2)O1. The second-order valence-electron chi connectivity index (χ2n) is 5.39. The van der Waals surface area contributed by atoms with Crippen LogP contribution < -0.4 is 15.8 Å². The minimum Gasteiger partial charge on any atom is -0.491 e. The first-order valence-electron chi connectivity index (χ1n) is 7.13. The molecule has 5 heteroatoms. The molecule has 2 aliphatic rings. The summed E-state index contributed by atoms with van der Waals surface area (Å²) in [6, 6.07) is 7.94. The fourth-order valence-corrected chi connectivity index (χ4v) is 2.79. The Hall–Kier alpha value is -1.59. The highest BCUT2D eigenvalue weighted by Gasteiger charge is 2.31. The number of carbonyl (C=O) groups is 1. The van der Waals surface area contributed by atoms with Gasteiger partial charge >= 0.3 is 0 Å². The number of nitrogens with one attached hydrogen (secondary N) is 1. The number of rotatable bonds is 3. The van der Waals surface area contributed by atoms with Crippen LogP contribution in [0.5, 0.6) is 5.75 Å². The maximum Gasteiger partial charge on any atom is 0.249 e. The van der Waals surface area contributed by atoms with Crippen molar-refractivity contribution >= 4 is 5.91 Å². The molecular formula is C15H20N2O3. The second-order valence-corrected chi connectivity index (χ2v) is 5.39. The molecule has 2 aliphatic heterocycles. The summed E-state index contributed by atoms with van der Waals surface area (Å²) in [5.74, 6) is 0.868. The van der Waals surface area contributed by atoms with Crippen molar-refractivity contribution in [3.63, 3.8) is 0 Å². The van der Waals surface area contributed by atoms with Gasteiger partial charge in [-0.3, -0.25) is 4.79 Å². The quantitative estimate of drug-likeness (QED) is 0.848. The van der Waals surface area contributed by atoms with Crippen LogP contribution in [0.1, 0.15) is 18.4 Å². The Morgan fingerprint density at radius 1 is 1.35 bits per heavy atom. The summed E-state index contributed by atoms with van der Waals surface area (Å²) in [5.41, 5.74) is 6.69. The zero-order valence-corrected chi connectivity index (χ0v) is 11.4. The summed E-state index contributed by atoms with van der Waals surface area (Å²) < 4.78 is 11.3. The summed E-state index contributed by atoms with van der Waals surface area (Å²) >= 11 is 0. The fraction of sp³-hybridized carbons (Fsp3) is 0.533. The highest BCUT2D eigenvalue weighted by molar-refractivity contribution is 5.81. The number of fused-ring (bicyclic) bond motifs is 1. The molecule has 0 radical (unpaired) electrons. The van der Waals surface area contributed by atoms with Gasteiger partial charge in [-0.1, -0.05) is 18.2 Å². The summed E-state index contributed by atoms with van der Waals surface area (Å²) in [7, 11) is 0. The number of carbonyl (C=O) groups excluding carboxylic acids is 1. The highest BCUT2D eigenvalue weighted by atomic mass is 16.5. The van der Waals surface area contributed by atoms with Crippen molar-refractivity contribution < 1.29 is 14.3 Å². The van der Waals surface area contributed by atoms with Gasteiger partial charge in [0.25, 0.3) is 0 Å². The molecule has 1 amide bonds. The van der Waals surface area contributed by atoms with Crippen molar-refractivity contribution in [1.29, 1.82) is 0 Å². The third-order valence-corrected chi connectivity index (χ3v) is 3.89. The summed E-state index contributed by atoms with van der Waals surface area (Å²) in [6.45, 7) is 0.986. The molecule has 1 aromatic carbocycles. The minimum absolute atomic E-state index is 0.0120. The first kappa shape index (κ1) is 13.4. The van der Waals surface area contributed by atoms with Crippen molar-refractivity contribution in [1.82, 2.24) is 5.32 Å². The van der Waals surface area contributed by atoms with Gasteiger partial charge < -0.3 is 20.5 Å². The predicted molar refractivity (Wildman–Crippen MR) is 74.5 cm³/mol. The largest absolute Gasteiger partial charge is 0.491 e. The molecule has 0 saturated carbocycles. The molecule has 0 spiro atoms. The monoisotopic (exact) mass is 276 g/mol. The van der Waals surface area contributed by atoms with E-state index in [0.717, 1.165) is 30.6 Å². The third kappa shape index (κ3) is 2.78. The first-order chi connectivity index (χ1) is 9.76. The van der Waals surface area contributed by atoms with Crippen LogP contribution in [0.2, 0.25) is 0 Å². The Kier molecular flexibility index (Phi) is 3.89. The molecule has 3 rings (SSSR count). The molecule has 0 aliphatic carbocycles. The van der Waals surface area contributed by atoms with Gasteiger partial charge in [-0.2, -0.15) is 0 Å². The van der Waals surface area contributed by atoms with E-state index in [9.17, 15) is 4.79 Å². The van der Waals surface area contributed by atoms with E-state index >= 15 is 0 Å². The maximum absolute atomic E-state index is 12.2. The van der Waals surface area contributed by atoms with Crippen LogP contribution in [-0.2, 0) is 16.0 Å². The van der Waals surface area contributed by atoms with Gasteiger partial charge in [0.05, 0.1) is 12.1 Å². The van der Waals surface area contributed by atoms with Gasteiger partial charge in [-0.25, -0.2) is 0 Å². The van der Waals surface area contributed by atoms with E-state index in [0.29, 0.717) is 13.2 Å². The lowest BCUT2D eigenvalue weighted by atomic mass is 10.0. The molecule has 1 fully saturated rings. The van der Waals surface area contributed by atoms with Crippen LogP contribution in [0.3, 0.4) is 0 Å². The number of para-hydroxylation sites is 1. The van der Waals surface area contributed by atoms with Crippen molar-refractivity contribution in [3.05, 3.63) is 29.8 Å². The summed E-state index contributed by atoms with van der Waals surface area (Å²) in [5, 5.41) is 3.02. The first-order valence-corrected chi connectivity index (χ1v) is 7.13. The van der Waals surface area contributed by atoms with Crippen LogP contribution in [0, 0.1) is 0 Å². The number of hydrogen-bond acceptors (Lipinski definition) is 4. The van der Waals surface area contributed by atoms with Crippen molar-refractivity contribution in [2.24, 2.45) is 5.73 Å². The van der Waals surface area contributed by atoms with Gasteiger partial charge in [-0.15, -0.1) is 0 Å². The van der Waals surface area contributed by atoms with Gasteiger partial charge in [0.2, 0.25) is 5.91 Å². The normalized spacial score (nSPS) is 28.6. The molecule has 108 valence electrons. The predicted octanol–water partition coefficient (Wildman–Crippen LogP) is 0.613. The molecule has 1 saturated heterocycles. The van der Waals surface area contributed by atoms with E-state index in [2.05, 4.69) is 5.32 Å². The molecule has 20 heavy (non-hydrogen) atoms. The van der Waals surface area contributed by atoms with E-state index in [1.165, 1.54) is 0 Å². The Morgan fingerprint density at radius 2 is 2.20 bits per heavy atom. The lowest BCUT2D eigenvalue weighted by Crippen LogP contribution is -2.46. The smallest absolute Gasteiger partial charge is 0.249 e. The van der Waals surface area contributed by atoms with Crippen molar-refractivity contribution in [2.75, 3.05) is 13.2 Å². The number of hydrogen-bond donors (Lipinski definition) is 2. The number of ether oxygens (including phenoxy) is 2. The number of nitrogens with two attached hydrogens (primary N) is 1. The summed E-state index contributed by atoms with van der Waals surface area (Å²) in [6.07, 6.45) is 2.07. The van der Waals surface area contributed by atoms with Gasteiger partial charge in [0, 0.05) is 6.54 Å². The lowest BCUT2D eigenvalue weighted by Gasteiger charge is -2.27. The van der Waals surface area contributed by atoms with Crippen LogP contribution in [0.15, 0.2) is 24.3 Å². The van der Waals surface area contributed by atoms with E-state index in [1.54, 1.807) is 0 Å². The second kappa shape index (κ2) is 5.81. The van der Waals surface area contributed by atoms with Gasteiger partial charge in [-0.05, 0) is 30.9 Å². The van der Waals surface area contributed by atoms with Crippen molar-refractivity contribution in [3.8, 4) is 5.75 Å². The van der Waals surface area contributed by atoms with Crippen LogP contribution in [0.25, 0.3) is 0 Å². The van der Waals surface area contributed by atoms with Crippen LogP contribution >= 0.6 is 0 Å². The Bertz CT molecular complexity index is 492. The van der Waals surface area contributed by atoms with Crippen LogP contribution in [0.4, 0.5) is 0 Å². The van der Waals surface area contributed by atoms with Gasteiger partial charge in [0.1, 0.15) is 18.5 Å². The highest BCUT2D eigenvalue weighted by Crippen LogP contribution is 2.24. The third-order valence-electron chi connectivity index (χ3n) is 3.89. The number of benzene rings is 1. The molecule has 0 bridgehead atoms. The van der Waals surface area contributed by atoms with E-state index in [4.69, 9.17) is 15.2 Å². The average Bonchev–Trinajstić information content (AvgIpc) is 2.96. The molecule has 3 N–H and O–H groups in total. The topological polar surface area (TPSA) is 73.6 Å². The Balaban J connectivity index is 1.56. The molecule has 3 atom stereocenters. The molecule has 1 unspecified atom stereocenters. The standard InChI is InChI=1S/C15H20N2O3/c16-8-12-5-6-14(20-12)15(18)17-11-7-10-3-1-2-4-13(10)19-9-11/h1-4,11-12,14H,5-9,16H2,(H,17,18)/t11?,12-,14+/m1/s1. The molecule has 0 aromatic heterocycles.